The first-order valence-electron chi connectivity index (χ1n) is 12.9. The average molecular weight is 528 g/mol. The van der Waals surface area contributed by atoms with Gasteiger partial charge in [0.1, 0.15) is 30.4 Å². The van der Waals surface area contributed by atoms with E-state index in [1.54, 1.807) is 6.92 Å². The highest BCUT2D eigenvalue weighted by Gasteiger charge is 2.27. The summed E-state index contributed by atoms with van der Waals surface area (Å²) in [6.45, 7) is 8.37. The highest BCUT2D eigenvalue weighted by molar-refractivity contribution is 6.05. The van der Waals surface area contributed by atoms with Gasteiger partial charge >= 0.3 is 0 Å². The molecule has 0 spiro atoms. The van der Waals surface area contributed by atoms with Crippen LogP contribution in [0.5, 0.6) is 11.5 Å². The van der Waals surface area contributed by atoms with E-state index in [2.05, 4.69) is 29.6 Å². The standard InChI is InChI=1S/C31H33N3O5/c1-5-32-31(36)29-28(33-21(4)35)30(39-34-29)25-16-24(20(2)3)26(37-18-22-12-8-6-9-13-22)17-27(25)38-19-23-14-10-7-11-15-23/h6-17,20H,5,18-19H2,1-4H3,(H,32,36)(H,33,35). The van der Waals surface area contributed by atoms with Gasteiger partial charge in [0.25, 0.3) is 5.91 Å². The molecule has 39 heavy (non-hydrogen) atoms. The van der Waals surface area contributed by atoms with Crippen LogP contribution >= 0.6 is 0 Å². The number of anilines is 1. The molecular weight excluding hydrogens is 494 g/mol. The number of nitrogens with zero attached hydrogens (tertiary/aromatic N) is 1. The summed E-state index contributed by atoms with van der Waals surface area (Å²) < 4.78 is 18.3. The molecule has 0 bridgehead atoms. The molecule has 2 N–H and O–H groups in total. The fraction of sp³-hybridized carbons (Fsp3) is 0.258. The van der Waals surface area contributed by atoms with E-state index < -0.39 is 5.91 Å². The first-order chi connectivity index (χ1) is 18.9. The molecule has 0 saturated heterocycles. The Bertz CT molecular complexity index is 1420. The van der Waals surface area contributed by atoms with Crippen molar-refractivity contribution in [1.82, 2.24) is 10.5 Å². The van der Waals surface area contributed by atoms with Crippen LogP contribution < -0.4 is 20.1 Å². The minimum Gasteiger partial charge on any atom is -0.488 e. The molecule has 8 heteroatoms. The van der Waals surface area contributed by atoms with E-state index in [-0.39, 0.29) is 29.0 Å². The lowest BCUT2D eigenvalue weighted by Crippen LogP contribution is -2.24. The Morgan fingerprint density at radius 2 is 1.49 bits per heavy atom. The van der Waals surface area contributed by atoms with Crippen molar-refractivity contribution in [2.24, 2.45) is 0 Å². The predicted molar refractivity (Wildman–Crippen MR) is 150 cm³/mol. The first-order valence-corrected chi connectivity index (χ1v) is 12.9. The number of rotatable bonds is 11. The average Bonchev–Trinajstić information content (AvgIpc) is 3.34. The highest BCUT2D eigenvalue weighted by Crippen LogP contribution is 2.43. The number of carbonyl (C=O) groups excluding carboxylic acids is 2. The Morgan fingerprint density at radius 3 is 2.03 bits per heavy atom. The van der Waals surface area contributed by atoms with E-state index in [0.717, 1.165) is 16.7 Å². The minimum absolute atomic E-state index is 0.00781. The van der Waals surface area contributed by atoms with Crippen molar-refractivity contribution in [3.63, 3.8) is 0 Å². The molecule has 3 aromatic carbocycles. The van der Waals surface area contributed by atoms with Gasteiger partial charge in [0.15, 0.2) is 11.5 Å². The monoisotopic (exact) mass is 527 g/mol. The Labute approximate surface area is 228 Å². The molecule has 0 saturated carbocycles. The predicted octanol–water partition coefficient (Wildman–Crippen LogP) is 6.33. The second kappa shape index (κ2) is 12.8. The molecular formula is C31H33N3O5. The second-order valence-electron chi connectivity index (χ2n) is 9.37. The molecule has 202 valence electrons. The summed E-state index contributed by atoms with van der Waals surface area (Å²) in [6, 6.07) is 23.4. The van der Waals surface area contributed by atoms with Crippen molar-refractivity contribution < 1.29 is 23.6 Å². The lowest BCUT2D eigenvalue weighted by molar-refractivity contribution is -0.114. The van der Waals surface area contributed by atoms with Crippen LogP contribution in [0.1, 0.15) is 60.8 Å². The summed E-state index contributed by atoms with van der Waals surface area (Å²) in [4.78, 5) is 24.8. The van der Waals surface area contributed by atoms with Crippen LogP contribution in [-0.2, 0) is 18.0 Å². The van der Waals surface area contributed by atoms with Crippen molar-refractivity contribution in [2.45, 2.75) is 46.8 Å². The third-order valence-corrected chi connectivity index (χ3v) is 6.00. The Hall–Kier alpha value is -4.59. The molecule has 2 amide bonds. The zero-order chi connectivity index (χ0) is 27.8. The number of nitrogens with one attached hydrogen (secondary N) is 2. The van der Waals surface area contributed by atoms with E-state index in [4.69, 9.17) is 14.0 Å². The maximum Gasteiger partial charge on any atom is 0.275 e. The van der Waals surface area contributed by atoms with Crippen molar-refractivity contribution in [1.29, 1.82) is 0 Å². The number of aromatic nitrogens is 1. The van der Waals surface area contributed by atoms with Crippen molar-refractivity contribution >= 4 is 17.5 Å². The van der Waals surface area contributed by atoms with E-state index in [9.17, 15) is 9.59 Å². The fourth-order valence-electron chi connectivity index (χ4n) is 4.09. The second-order valence-corrected chi connectivity index (χ2v) is 9.37. The smallest absolute Gasteiger partial charge is 0.275 e. The van der Waals surface area contributed by atoms with Crippen molar-refractivity contribution in [2.75, 3.05) is 11.9 Å². The number of hydrogen-bond donors (Lipinski definition) is 2. The van der Waals surface area contributed by atoms with Crippen LogP contribution in [0.2, 0.25) is 0 Å². The molecule has 0 unspecified atom stereocenters. The van der Waals surface area contributed by atoms with E-state index in [0.29, 0.717) is 36.8 Å². The van der Waals surface area contributed by atoms with Crippen LogP contribution in [0, 0.1) is 0 Å². The number of amides is 2. The SMILES string of the molecule is CCNC(=O)c1noc(-c2cc(C(C)C)c(OCc3ccccc3)cc2OCc2ccccc2)c1NC(C)=O. The van der Waals surface area contributed by atoms with Gasteiger partial charge in [-0.3, -0.25) is 9.59 Å². The largest absolute Gasteiger partial charge is 0.488 e. The summed E-state index contributed by atoms with van der Waals surface area (Å²) in [7, 11) is 0. The van der Waals surface area contributed by atoms with Gasteiger partial charge in [-0.2, -0.15) is 0 Å². The van der Waals surface area contributed by atoms with E-state index in [1.807, 2.05) is 72.8 Å². The van der Waals surface area contributed by atoms with Gasteiger partial charge in [0, 0.05) is 19.5 Å². The van der Waals surface area contributed by atoms with Gasteiger partial charge in [-0.25, -0.2) is 0 Å². The molecule has 8 nitrogen and oxygen atoms in total. The maximum atomic E-state index is 12.7. The van der Waals surface area contributed by atoms with Crippen LogP contribution in [0.3, 0.4) is 0 Å². The van der Waals surface area contributed by atoms with E-state index in [1.165, 1.54) is 6.92 Å². The highest BCUT2D eigenvalue weighted by atomic mass is 16.5. The van der Waals surface area contributed by atoms with Crippen molar-refractivity contribution in [3.8, 4) is 22.8 Å². The topological polar surface area (TPSA) is 103 Å². The summed E-state index contributed by atoms with van der Waals surface area (Å²) in [5.74, 6) is 0.652. The Kier molecular flexibility index (Phi) is 8.99. The number of ether oxygens (including phenoxy) is 2. The number of benzene rings is 3. The molecule has 0 aliphatic carbocycles. The third-order valence-electron chi connectivity index (χ3n) is 6.00. The van der Waals surface area contributed by atoms with Gasteiger partial charge < -0.3 is 24.6 Å². The van der Waals surface area contributed by atoms with Crippen LogP contribution in [0.4, 0.5) is 5.69 Å². The van der Waals surface area contributed by atoms with Crippen molar-refractivity contribution in [3.05, 3.63) is 95.2 Å². The van der Waals surface area contributed by atoms with E-state index >= 15 is 0 Å². The molecule has 0 atom stereocenters. The molecule has 0 aliphatic rings. The maximum absolute atomic E-state index is 12.7. The lowest BCUT2D eigenvalue weighted by Gasteiger charge is -2.19. The Morgan fingerprint density at radius 1 is 0.897 bits per heavy atom. The van der Waals surface area contributed by atoms with Crippen LogP contribution in [0.15, 0.2) is 77.3 Å². The van der Waals surface area contributed by atoms with Gasteiger partial charge in [-0.05, 0) is 35.6 Å². The van der Waals surface area contributed by atoms with Gasteiger partial charge in [0.2, 0.25) is 5.91 Å². The zero-order valence-electron chi connectivity index (χ0n) is 22.6. The molecule has 4 rings (SSSR count). The van der Waals surface area contributed by atoms with Crippen LogP contribution in [0.25, 0.3) is 11.3 Å². The third kappa shape index (κ3) is 6.84. The molecule has 1 aromatic heterocycles. The molecule has 1 heterocycles. The summed E-state index contributed by atoms with van der Waals surface area (Å²) in [6.07, 6.45) is 0. The zero-order valence-corrected chi connectivity index (χ0v) is 22.6. The van der Waals surface area contributed by atoms with Gasteiger partial charge in [-0.15, -0.1) is 0 Å². The molecule has 0 aliphatic heterocycles. The number of carbonyl (C=O) groups is 2. The molecule has 0 radical (unpaired) electrons. The van der Waals surface area contributed by atoms with Gasteiger partial charge in [0.05, 0.1) is 5.56 Å². The summed E-state index contributed by atoms with van der Waals surface area (Å²) in [5.41, 5.74) is 3.66. The molecule has 4 aromatic rings. The normalized spacial score (nSPS) is 10.8. The minimum atomic E-state index is -0.449. The lowest BCUT2D eigenvalue weighted by atomic mass is 9.97. The Balaban J connectivity index is 1.82. The number of hydrogen-bond acceptors (Lipinski definition) is 6. The van der Waals surface area contributed by atoms with Gasteiger partial charge in [-0.1, -0.05) is 79.7 Å². The molecule has 0 fully saturated rings. The quantitative estimate of drug-likeness (QED) is 0.236. The fourth-order valence-corrected chi connectivity index (χ4v) is 4.09. The van der Waals surface area contributed by atoms with Crippen LogP contribution in [-0.4, -0.2) is 23.5 Å². The summed E-state index contributed by atoms with van der Waals surface area (Å²) >= 11 is 0. The summed E-state index contributed by atoms with van der Waals surface area (Å²) in [5, 5.41) is 9.44. The first kappa shape index (κ1) is 27.4.